The Hall–Kier alpha value is -2.86. The maximum atomic E-state index is 12.5. The first-order valence-corrected chi connectivity index (χ1v) is 9.26. The third-order valence-electron chi connectivity index (χ3n) is 4.71. The number of hydrogen-bond acceptors (Lipinski definition) is 5. The Labute approximate surface area is 162 Å². The third-order valence-corrected chi connectivity index (χ3v) is 4.94. The van der Waals surface area contributed by atoms with Crippen molar-refractivity contribution in [1.82, 2.24) is 10.2 Å². The fraction of sp³-hybridized carbons (Fsp3) is 0.250. The first kappa shape index (κ1) is 17.5. The van der Waals surface area contributed by atoms with Crippen LogP contribution in [0.25, 0.3) is 11.5 Å². The standard InChI is InChI=1S/C20H19ClN4O2/c21-15-3-1-4-16(13-15)22-20(26)14-8-10-25(11-9-14)19-7-6-17(23-24-19)18-5-2-12-27-18/h1-7,12-14H,8-11H2,(H,22,26). The largest absolute Gasteiger partial charge is 0.463 e. The van der Waals surface area contributed by atoms with E-state index in [1.807, 2.05) is 36.4 Å². The SMILES string of the molecule is O=C(Nc1cccc(Cl)c1)C1CCN(c2ccc(-c3ccco3)nn2)CC1. The maximum absolute atomic E-state index is 12.5. The molecule has 0 atom stereocenters. The van der Waals surface area contributed by atoms with Gasteiger partial charge in [0, 0.05) is 29.7 Å². The van der Waals surface area contributed by atoms with Crippen molar-refractivity contribution in [3.8, 4) is 11.5 Å². The van der Waals surface area contributed by atoms with Crippen molar-refractivity contribution in [2.24, 2.45) is 5.92 Å². The molecule has 27 heavy (non-hydrogen) atoms. The van der Waals surface area contributed by atoms with Crippen LogP contribution in [0.2, 0.25) is 5.02 Å². The molecule has 0 unspecified atom stereocenters. The number of anilines is 2. The number of nitrogens with zero attached hydrogens (tertiary/aromatic N) is 3. The molecular weight excluding hydrogens is 364 g/mol. The minimum absolute atomic E-state index is 0.0180. The molecule has 1 aromatic carbocycles. The molecule has 1 saturated heterocycles. The van der Waals surface area contributed by atoms with Gasteiger partial charge in [-0.05, 0) is 55.3 Å². The Bertz CT molecular complexity index is 904. The van der Waals surface area contributed by atoms with Gasteiger partial charge >= 0.3 is 0 Å². The summed E-state index contributed by atoms with van der Waals surface area (Å²) in [7, 11) is 0. The number of rotatable bonds is 4. The Morgan fingerprint density at radius 2 is 1.96 bits per heavy atom. The molecule has 0 aliphatic carbocycles. The Balaban J connectivity index is 1.34. The highest BCUT2D eigenvalue weighted by molar-refractivity contribution is 6.30. The first-order valence-electron chi connectivity index (χ1n) is 8.88. The molecule has 3 aromatic rings. The van der Waals surface area contributed by atoms with Crippen LogP contribution >= 0.6 is 11.6 Å². The van der Waals surface area contributed by atoms with E-state index >= 15 is 0 Å². The van der Waals surface area contributed by atoms with E-state index in [1.54, 1.807) is 18.4 Å². The summed E-state index contributed by atoms with van der Waals surface area (Å²) in [5.41, 5.74) is 1.44. The number of nitrogens with one attached hydrogen (secondary N) is 1. The molecule has 7 heteroatoms. The molecule has 1 aliphatic heterocycles. The van der Waals surface area contributed by atoms with Crippen molar-refractivity contribution in [3.05, 3.63) is 59.8 Å². The lowest BCUT2D eigenvalue weighted by atomic mass is 9.96. The second-order valence-corrected chi connectivity index (χ2v) is 6.95. The van der Waals surface area contributed by atoms with Crippen molar-refractivity contribution < 1.29 is 9.21 Å². The molecule has 0 spiro atoms. The number of carbonyl (C=O) groups excluding carboxylic acids is 1. The summed E-state index contributed by atoms with van der Waals surface area (Å²) < 4.78 is 5.33. The Kier molecular flexibility index (Phi) is 5.07. The van der Waals surface area contributed by atoms with Crippen LogP contribution in [0, 0.1) is 5.92 Å². The van der Waals surface area contributed by atoms with E-state index in [0.717, 1.165) is 37.4 Å². The van der Waals surface area contributed by atoms with Gasteiger partial charge in [0.2, 0.25) is 5.91 Å². The van der Waals surface area contributed by atoms with Crippen LogP contribution < -0.4 is 10.2 Å². The smallest absolute Gasteiger partial charge is 0.227 e. The van der Waals surface area contributed by atoms with Crippen LogP contribution in [0.4, 0.5) is 11.5 Å². The number of aromatic nitrogens is 2. The Morgan fingerprint density at radius 1 is 1.11 bits per heavy atom. The fourth-order valence-corrected chi connectivity index (χ4v) is 3.42. The molecule has 0 radical (unpaired) electrons. The molecule has 1 fully saturated rings. The maximum Gasteiger partial charge on any atom is 0.227 e. The molecule has 6 nitrogen and oxygen atoms in total. The number of benzene rings is 1. The quantitative estimate of drug-likeness (QED) is 0.730. The van der Waals surface area contributed by atoms with Crippen molar-refractivity contribution in [2.45, 2.75) is 12.8 Å². The lowest BCUT2D eigenvalue weighted by molar-refractivity contribution is -0.120. The van der Waals surface area contributed by atoms with E-state index in [4.69, 9.17) is 16.0 Å². The van der Waals surface area contributed by atoms with E-state index < -0.39 is 0 Å². The van der Waals surface area contributed by atoms with Gasteiger partial charge in [0.25, 0.3) is 0 Å². The lowest BCUT2D eigenvalue weighted by Gasteiger charge is -2.31. The number of hydrogen-bond donors (Lipinski definition) is 1. The average molecular weight is 383 g/mol. The molecule has 1 amide bonds. The molecule has 2 aromatic heterocycles. The van der Waals surface area contributed by atoms with Gasteiger partial charge in [-0.25, -0.2) is 0 Å². The molecular formula is C20H19ClN4O2. The van der Waals surface area contributed by atoms with Crippen LogP contribution in [0.3, 0.4) is 0 Å². The highest BCUT2D eigenvalue weighted by Gasteiger charge is 2.26. The third kappa shape index (κ3) is 4.11. The summed E-state index contributed by atoms with van der Waals surface area (Å²) >= 11 is 5.97. The van der Waals surface area contributed by atoms with Gasteiger partial charge in [-0.2, -0.15) is 0 Å². The monoisotopic (exact) mass is 382 g/mol. The second kappa shape index (κ2) is 7.80. The van der Waals surface area contributed by atoms with Crippen molar-refractivity contribution >= 4 is 29.0 Å². The van der Waals surface area contributed by atoms with Gasteiger partial charge in [0.1, 0.15) is 5.69 Å². The van der Waals surface area contributed by atoms with E-state index in [0.29, 0.717) is 16.5 Å². The predicted octanol–water partition coefficient (Wildman–Crippen LogP) is 4.25. The molecule has 0 bridgehead atoms. The van der Waals surface area contributed by atoms with Gasteiger partial charge < -0.3 is 14.6 Å². The van der Waals surface area contributed by atoms with Crippen LogP contribution in [0.5, 0.6) is 0 Å². The summed E-state index contributed by atoms with van der Waals surface area (Å²) in [5.74, 6) is 1.54. The highest BCUT2D eigenvalue weighted by atomic mass is 35.5. The highest BCUT2D eigenvalue weighted by Crippen LogP contribution is 2.25. The van der Waals surface area contributed by atoms with Crippen molar-refractivity contribution in [3.63, 3.8) is 0 Å². The zero-order valence-electron chi connectivity index (χ0n) is 14.6. The summed E-state index contributed by atoms with van der Waals surface area (Å²) in [6.45, 7) is 1.53. The molecule has 1 aliphatic rings. The molecule has 3 heterocycles. The number of carbonyl (C=O) groups is 1. The number of furan rings is 1. The number of halogens is 1. The summed E-state index contributed by atoms with van der Waals surface area (Å²) in [5, 5.41) is 12.1. The van der Waals surface area contributed by atoms with E-state index in [2.05, 4.69) is 20.4 Å². The van der Waals surface area contributed by atoms with Gasteiger partial charge in [-0.1, -0.05) is 17.7 Å². The van der Waals surface area contributed by atoms with Crippen molar-refractivity contribution in [2.75, 3.05) is 23.3 Å². The molecule has 1 N–H and O–H groups in total. The van der Waals surface area contributed by atoms with Crippen LogP contribution in [-0.2, 0) is 4.79 Å². The molecule has 4 rings (SSSR count). The fourth-order valence-electron chi connectivity index (χ4n) is 3.23. The van der Waals surface area contributed by atoms with Crippen molar-refractivity contribution in [1.29, 1.82) is 0 Å². The average Bonchev–Trinajstić information content (AvgIpc) is 3.23. The number of piperidine rings is 1. The van der Waals surface area contributed by atoms with Gasteiger partial charge in [-0.3, -0.25) is 4.79 Å². The summed E-state index contributed by atoms with van der Waals surface area (Å²) in [6, 6.07) is 14.7. The summed E-state index contributed by atoms with van der Waals surface area (Å²) in [4.78, 5) is 14.6. The van der Waals surface area contributed by atoms with Crippen LogP contribution in [0.15, 0.2) is 59.2 Å². The van der Waals surface area contributed by atoms with Crippen LogP contribution in [0.1, 0.15) is 12.8 Å². The van der Waals surface area contributed by atoms with E-state index in [9.17, 15) is 4.79 Å². The van der Waals surface area contributed by atoms with Gasteiger partial charge in [0.15, 0.2) is 11.6 Å². The topological polar surface area (TPSA) is 71.3 Å². The van der Waals surface area contributed by atoms with E-state index in [1.165, 1.54) is 0 Å². The second-order valence-electron chi connectivity index (χ2n) is 6.51. The van der Waals surface area contributed by atoms with E-state index in [-0.39, 0.29) is 11.8 Å². The predicted molar refractivity (Wildman–Crippen MR) is 105 cm³/mol. The normalized spacial score (nSPS) is 14.9. The lowest BCUT2D eigenvalue weighted by Crippen LogP contribution is -2.38. The zero-order valence-corrected chi connectivity index (χ0v) is 15.4. The first-order chi connectivity index (χ1) is 13.2. The zero-order chi connectivity index (χ0) is 18.6. The Morgan fingerprint density at radius 3 is 2.63 bits per heavy atom. The van der Waals surface area contributed by atoms with Gasteiger partial charge in [0.05, 0.1) is 6.26 Å². The number of amides is 1. The van der Waals surface area contributed by atoms with Crippen LogP contribution in [-0.4, -0.2) is 29.2 Å². The summed E-state index contributed by atoms with van der Waals surface area (Å²) in [6.07, 6.45) is 3.16. The molecule has 0 saturated carbocycles. The minimum atomic E-state index is -0.0180. The molecule has 138 valence electrons. The van der Waals surface area contributed by atoms with Gasteiger partial charge in [-0.15, -0.1) is 10.2 Å². The minimum Gasteiger partial charge on any atom is -0.463 e.